The number of hydrogen-bond acceptors (Lipinski definition) is 2. The van der Waals surface area contributed by atoms with Gasteiger partial charge >= 0.3 is 0 Å². The minimum absolute atomic E-state index is 0.0918. The molecule has 0 bridgehead atoms. The lowest BCUT2D eigenvalue weighted by Crippen LogP contribution is -2.41. The predicted octanol–water partition coefficient (Wildman–Crippen LogP) is 3.41. The number of benzene rings is 1. The van der Waals surface area contributed by atoms with Crippen LogP contribution in [0.3, 0.4) is 0 Å². The summed E-state index contributed by atoms with van der Waals surface area (Å²) in [4.78, 5) is 11.8. The Morgan fingerprint density at radius 3 is 2.50 bits per heavy atom. The van der Waals surface area contributed by atoms with Crippen LogP contribution in [-0.4, -0.2) is 18.1 Å². The highest BCUT2D eigenvalue weighted by molar-refractivity contribution is 6.30. The second-order valence-electron chi connectivity index (χ2n) is 4.41. The summed E-state index contributed by atoms with van der Waals surface area (Å²) in [5, 5.41) is 3.57. The Balaban J connectivity index is 2.46. The van der Waals surface area contributed by atoms with Crippen LogP contribution in [0, 0.1) is 0 Å². The first kappa shape index (κ1) is 14.8. The molecule has 1 rings (SSSR count). The van der Waals surface area contributed by atoms with Crippen LogP contribution in [0.1, 0.15) is 33.6 Å². The Morgan fingerprint density at radius 1 is 1.33 bits per heavy atom. The van der Waals surface area contributed by atoms with Crippen molar-refractivity contribution in [3.05, 3.63) is 29.3 Å². The zero-order valence-electron chi connectivity index (χ0n) is 11.1. The molecule has 0 spiro atoms. The molecule has 0 unspecified atom stereocenters. The van der Waals surface area contributed by atoms with Gasteiger partial charge in [0.2, 0.25) is 0 Å². The minimum Gasteiger partial charge on any atom is -0.481 e. The van der Waals surface area contributed by atoms with Crippen molar-refractivity contribution < 1.29 is 9.53 Å². The zero-order valence-corrected chi connectivity index (χ0v) is 11.8. The number of nitrogens with one attached hydrogen (secondary N) is 1. The molecule has 0 aromatic heterocycles. The lowest BCUT2D eigenvalue weighted by molar-refractivity contribution is -0.127. The fourth-order valence-corrected chi connectivity index (χ4v) is 1.76. The maximum Gasteiger partial charge on any atom is 0.260 e. The van der Waals surface area contributed by atoms with E-state index in [9.17, 15) is 4.79 Å². The van der Waals surface area contributed by atoms with Gasteiger partial charge in [0.1, 0.15) is 5.75 Å². The molecule has 1 aromatic carbocycles. The standard InChI is InChI=1S/C14H20ClNO2/c1-4-5-10(2)16-14(17)11(3)18-13-8-6-12(15)7-9-13/h6-11H,4-5H2,1-3H3,(H,16,17)/t10-,11+/m1/s1. The largest absolute Gasteiger partial charge is 0.481 e. The molecule has 0 aliphatic rings. The molecule has 2 atom stereocenters. The maximum absolute atomic E-state index is 11.8. The molecule has 0 saturated carbocycles. The second kappa shape index (κ2) is 7.27. The molecule has 18 heavy (non-hydrogen) atoms. The quantitative estimate of drug-likeness (QED) is 0.859. The van der Waals surface area contributed by atoms with E-state index in [1.807, 2.05) is 6.92 Å². The van der Waals surface area contributed by atoms with Crippen LogP contribution in [0.2, 0.25) is 5.02 Å². The summed E-state index contributed by atoms with van der Waals surface area (Å²) in [7, 11) is 0. The van der Waals surface area contributed by atoms with Crippen LogP contribution >= 0.6 is 11.6 Å². The maximum atomic E-state index is 11.8. The Morgan fingerprint density at radius 2 is 1.94 bits per heavy atom. The monoisotopic (exact) mass is 269 g/mol. The van der Waals surface area contributed by atoms with E-state index in [1.165, 1.54) is 0 Å². The summed E-state index contributed by atoms with van der Waals surface area (Å²) >= 11 is 5.78. The van der Waals surface area contributed by atoms with E-state index in [0.717, 1.165) is 12.8 Å². The van der Waals surface area contributed by atoms with Gasteiger partial charge in [0.05, 0.1) is 0 Å². The Hall–Kier alpha value is -1.22. The topological polar surface area (TPSA) is 38.3 Å². The summed E-state index contributed by atoms with van der Waals surface area (Å²) in [6, 6.07) is 7.16. The third-order valence-electron chi connectivity index (χ3n) is 2.61. The van der Waals surface area contributed by atoms with E-state index in [2.05, 4.69) is 12.2 Å². The molecule has 1 amide bonds. The average molecular weight is 270 g/mol. The first-order chi connectivity index (χ1) is 8.52. The van der Waals surface area contributed by atoms with Crippen LogP contribution < -0.4 is 10.1 Å². The van der Waals surface area contributed by atoms with Crippen LogP contribution in [0.5, 0.6) is 5.75 Å². The van der Waals surface area contributed by atoms with Crippen molar-refractivity contribution in [1.82, 2.24) is 5.32 Å². The number of ether oxygens (including phenoxy) is 1. The van der Waals surface area contributed by atoms with Gasteiger partial charge in [-0.05, 0) is 44.5 Å². The second-order valence-corrected chi connectivity index (χ2v) is 4.85. The van der Waals surface area contributed by atoms with E-state index in [4.69, 9.17) is 16.3 Å². The van der Waals surface area contributed by atoms with Gasteiger partial charge in [0.25, 0.3) is 5.91 Å². The number of amides is 1. The third-order valence-corrected chi connectivity index (χ3v) is 2.86. The summed E-state index contributed by atoms with van der Waals surface area (Å²) in [5.74, 6) is 0.552. The fraction of sp³-hybridized carbons (Fsp3) is 0.500. The number of carbonyl (C=O) groups excluding carboxylic acids is 1. The smallest absolute Gasteiger partial charge is 0.260 e. The molecular weight excluding hydrogens is 250 g/mol. The van der Waals surface area contributed by atoms with E-state index >= 15 is 0 Å². The van der Waals surface area contributed by atoms with Gasteiger partial charge in [0, 0.05) is 11.1 Å². The SMILES string of the molecule is CCC[C@@H](C)NC(=O)[C@H](C)Oc1ccc(Cl)cc1. The molecular formula is C14H20ClNO2. The van der Waals surface area contributed by atoms with Gasteiger partial charge in [-0.1, -0.05) is 24.9 Å². The average Bonchev–Trinajstić information content (AvgIpc) is 2.32. The molecule has 1 N–H and O–H groups in total. The highest BCUT2D eigenvalue weighted by Gasteiger charge is 2.16. The van der Waals surface area contributed by atoms with E-state index in [0.29, 0.717) is 10.8 Å². The normalized spacial score (nSPS) is 13.8. The van der Waals surface area contributed by atoms with E-state index in [-0.39, 0.29) is 11.9 Å². The Labute approximate surface area is 113 Å². The first-order valence-electron chi connectivity index (χ1n) is 6.25. The number of hydrogen-bond donors (Lipinski definition) is 1. The van der Waals surface area contributed by atoms with Crippen molar-refractivity contribution in [3.63, 3.8) is 0 Å². The van der Waals surface area contributed by atoms with Crippen LogP contribution in [0.25, 0.3) is 0 Å². The fourth-order valence-electron chi connectivity index (χ4n) is 1.64. The summed E-state index contributed by atoms with van der Waals surface area (Å²) in [5.41, 5.74) is 0. The summed E-state index contributed by atoms with van der Waals surface area (Å²) in [6.45, 7) is 5.83. The van der Waals surface area contributed by atoms with Gasteiger partial charge in [0.15, 0.2) is 6.10 Å². The lowest BCUT2D eigenvalue weighted by Gasteiger charge is -2.18. The minimum atomic E-state index is -0.509. The molecule has 0 radical (unpaired) electrons. The molecule has 4 heteroatoms. The van der Waals surface area contributed by atoms with Crippen molar-refractivity contribution in [2.45, 2.75) is 45.8 Å². The predicted molar refractivity (Wildman–Crippen MR) is 74.1 cm³/mol. The number of halogens is 1. The molecule has 0 fully saturated rings. The molecule has 0 aliphatic heterocycles. The van der Waals surface area contributed by atoms with Gasteiger partial charge in [-0.3, -0.25) is 4.79 Å². The molecule has 3 nitrogen and oxygen atoms in total. The summed E-state index contributed by atoms with van der Waals surface area (Å²) in [6.07, 6.45) is 1.51. The first-order valence-corrected chi connectivity index (χ1v) is 6.63. The number of carbonyl (C=O) groups is 1. The van der Waals surface area contributed by atoms with Crippen molar-refractivity contribution in [3.8, 4) is 5.75 Å². The van der Waals surface area contributed by atoms with Gasteiger partial charge in [-0.2, -0.15) is 0 Å². The lowest BCUT2D eigenvalue weighted by atomic mass is 10.2. The van der Waals surface area contributed by atoms with Crippen LogP contribution in [0.15, 0.2) is 24.3 Å². The molecule has 0 saturated heterocycles. The third kappa shape index (κ3) is 4.96. The van der Waals surface area contributed by atoms with Gasteiger partial charge in [-0.25, -0.2) is 0 Å². The Kier molecular flexibility index (Phi) is 5.99. The molecule has 0 aliphatic carbocycles. The van der Waals surface area contributed by atoms with E-state index in [1.54, 1.807) is 31.2 Å². The molecule has 0 heterocycles. The summed E-state index contributed by atoms with van der Waals surface area (Å²) < 4.78 is 5.54. The Bertz CT molecular complexity index is 378. The molecule has 1 aromatic rings. The van der Waals surface area contributed by atoms with E-state index < -0.39 is 6.10 Å². The van der Waals surface area contributed by atoms with Crippen LogP contribution in [-0.2, 0) is 4.79 Å². The van der Waals surface area contributed by atoms with Crippen molar-refractivity contribution >= 4 is 17.5 Å². The highest BCUT2D eigenvalue weighted by atomic mass is 35.5. The van der Waals surface area contributed by atoms with Crippen molar-refractivity contribution in [1.29, 1.82) is 0 Å². The van der Waals surface area contributed by atoms with Crippen molar-refractivity contribution in [2.75, 3.05) is 0 Å². The van der Waals surface area contributed by atoms with Crippen molar-refractivity contribution in [2.24, 2.45) is 0 Å². The van der Waals surface area contributed by atoms with Crippen LogP contribution in [0.4, 0.5) is 0 Å². The molecule has 100 valence electrons. The van der Waals surface area contributed by atoms with Gasteiger partial charge < -0.3 is 10.1 Å². The highest BCUT2D eigenvalue weighted by Crippen LogP contribution is 2.16. The van der Waals surface area contributed by atoms with Gasteiger partial charge in [-0.15, -0.1) is 0 Å². The number of rotatable bonds is 6. The zero-order chi connectivity index (χ0) is 13.5.